The van der Waals surface area contributed by atoms with Crippen LogP contribution in [0.15, 0.2) is 41.5 Å². The van der Waals surface area contributed by atoms with E-state index in [0.29, 0.717) is 5.75 Å². The van der Waals surface area contributed by atoms with Crippen molar-refractivity contribution in [3.63, 3.8) is 0 Å². The molecule has 5 rings (SSSR count). The van der Waals surface area contributed by atoms with Crippen molar-refractivity contribution in [2.45, 2.75) is 70.7 Å². The van der Waals surface area contributed by atoms with Gasteiger partial charge in [-0.2, -0.15) is 4.98 Å². The van der Waals surface area contributed by atoms with Crippen molar-refractivity contribution in [1.29, 1.82) is 0 Å². The number of carbonyl (C=O) groups excluding carboxylic acids is 2. The van der Waals surface area contributed by atoms with Crippen LogP contribution < -0.4 is 15.6 Å². The standard InChI is InChI=1S/C29H37N8O7P/c1-17(2)37(18(3)4)45(42-14-13-30-6)44-23-22-26(43-29(23,5)27(40)35(22)7)36-16-31-21-24(36)33-28(34-25(21)39)32-20(38)15-41-19-11-9-8-10-12-19/h8-12,16-18,22-23,26H,13-15H2,1-5,7H3,(H2,32,33,34,38,39)/t22-,23+,26-,29-,45?/m1/s1/i5D. The molecule has 4 heterocycles. The number of benzene rings is 1. The number of anilines is 1. The number of para-hydroxylation sites is 1. The topological polar surface area (TPSA) is 158 Å². The number of likely N-dealkylation sites (N-methyl/N-ethyl adjacent to an activating group) is 1. The van der Waals surface area contributed by atoms with Crippen molar-refractivity contribution in [2.24, 2.45) is 0 Å². The number of carbonyl (C=O) groups is 2. The van der Waals surface area contributed by atoms with Crippen molar-refractivity contribution in [1.82, 2.24) is 29.1 Å². The zero-order valence-electron chi connectivity index (χ0n) is 26.7. The number of H-pyrrole nitrogens is 1. The number of hydrogen-bond donors (Lipinski definition) is 2. The molecule has 2 N–H and O–H groups in total. The number of amides is 2. The molecule has 16 heteroatoms. The second kappa shape index (κ2) is 13.2. The molecule has 2 fully saturated rings. The molecule has 5 atom stereocenters. The van der Waals surface area contributed by atoms with Gasteiger partial charge in [0.15, 0.2) is 29.6 Å². The molecule has 2 aliphatic rings. The number of imidazole rings is 1. The summed E-state index contributed by atoms with van der Waals surface area (Å²) in [6, 6.07) is 8.07. The van der Waals surface area contributed by atoms with Gasteiger partial charge in [-0.3, -0.25) is 29.3 Å². The van der Waals surface area contributed by atoms with Gasteiger partial charge < -0.3 is 28.3 Å². The number of nitrogens with one attached hydrogen (secondary N) is 2. The van der Waals surface area contributed by atoms with E-state index in [1.54, 1.807) is 31.3 Å². The third-order valence-corrected chi connectivity index (χ3v) is 9.57. The summed E-state index contributed by atoms with van der Waals surface area (Å²) in [7, 11) is -0.164. The van der Waals surface area contributed by atoms with E-state index in [1.807, 2.05) is 38.4 Å². The third kappa shape index (κ3) is 6.29. The lowest BCUT2D eigenvalue weighted by atomic mass is 10.0. The smallest absolute Gasteiger partial charge is 0.280 e. The van der Waals surface area contributed by atoms with Crippen molar-refractivity contribution in [3.8, 4) is 5.75 Å². The maximum absolute atomic E-state index is 13.5. The molecule has 3 aromatic rings. The highest BCUT2D eigenvalue weighted by Gasteiger charge is 2.68. The fourth-order valence-corrected chi connectivity index (χ4v) is 7.32. The lowest BCUT2D eigenvalue weighted by Crippen LogP contribution is -2.47. The summed E-state index contributed by atoms with van der Waals surface area (Å²) >= 11 is 0. The summed E-state index contributed by atoms with van der Waals surface area (Å²) in [5, 5.41) is 2.54. The van der Waals surface area contributed by atoms with Crippen LogP contribution in [0, 0.1) is 6.57 Å². The molecule has 2 saturated heterocycles. The van der Waals surface area contributed by atoms with Crippen LogP contribution in [0.2, 0.25) is 0 Å². The number of aromatic amines is 1. The molecule has 15 nitrogen and oxygen atoms in total. The number of ether oxygens (including phenoxy) is 2. The number of fused-ring (bicyclic) bond motifs is 3. The fraction of sp³-hybridized carbons (Fsp3) is 0.517. The van der Waals surface area contributed by atoms with E-state index in [2.05, 4.69) is 25.1 Å². The molecule has 2 aliphatic heterocycles. The number of aromatic nitrogens is 4. The minimum absolute atomic E-state index is 0.00759. The monoisotopic (exact) mass is 641 g/mol. The zero-order chi connectivity index (χ0) is 33.2. The first-order valence-corrected chi connectivity index (χ1v) is 15.6. The average molecular weight is 642 g/mol. The second-order valence-electron chi connectivity index (χ2n) is 11.2. The number of rotatable bonds is 13. The van der Waals surface area contributed by atoms with E-state index in [0.717, 1.165) is 0 Å². The van der Waals surface area contributed by atoms with E-state index in [4.69, 9.17) is 26.5 Å². The summed E-state index contributed by atoms with van der Waals surface area (Å²) in [4.78, 5) is 55.2. The van der Waals surface area contributed by atoms with Gasteiger partial charge in [0.1, 0.15) is 24.5 Å². The normalized spacial score (nSPS) is 23.6. The largest absolute Gasteiger partial charge is 0.484 e. The fourth-order valence-electron chi connectivity index (χ4n) is 5.54. The molecule has 1 aromatic carbocycles. The Kier molecular flexibility index (Phi) is 9.11. The summed E-state index contributed by atoms with van der Waals surface area (Å²) in [5.74, 6) is -0.581. The Hall–Kier alpha value is -3.93. The molecule has 240 valence electrons. The molecular weight excluding hydrogens is 603 g/mol. The van der Waals surface area contributed by atoms with Gasteiger partial charge in [0.2, 0.25) is 12.5 Å². The Morgan fingerprint density at radius 3 is 2.69 bits per heavy atom. The molecule has 0 aliphatic carbocycles. The minimum atomic E-state index is -1.77. The number of nitrogens with zero attached hydrogens (tertiary/aromatic N) is 6. The molecule has 45 heavy (non-hydrogen) atoms. The summed E-state index contributed by atoms with van der Waals surface area (Å²) in [5.41, 5.74) is -2.18. The second-order valence-corrected chi connectivity index (χ2v) is 12.6. The van der Waals surface area contributed by atoms with Crippen LogP contribution in [-0.2, 0) is 23.4 Å². The third-order valence-electron chi connectivity index (χ3n) is 7.46. The predicted octanol–water partition coefficient (Wildman–Crippen LogP) is 2.93. The molecular formula is C29H37N8O7P. The highest BCUT2D eigenvalue weighted by Crippen LogP contribution is 2.56. The molecule has 0 saturated carbocycles. The van der Waals surface area contributed by atoms with E-state index in [-0.39, 0.29) is 49.0 Å². The summed E-state index contributed by atoms with van der Waals surface area (Å²) in [6.45, 7) is 14.7. The first-order chi connectivity index (χ1) is 22.0. The van der Waals surface area contributed by atoms with E-state index in [1.165, 1.54) is 15.8 Å². The van der Waals surface area contributed by atoms with Gasteiger partial charge >= 0.3 is 0 Å². The van der Waals surface area contributed by atoms with Gasteiger partial charge in [0, 0.05) is 20.5 Å². The van der Waals surface area contributed by atoms with Gasteiger partial charge in [0.05, 0.1) is 6.33 Å². The lowest BCUT2D eigenvalue weighted by molar-refractivity contribution is -0.170. The average Bonchev–Trinajstić information content (AvgIpc) is 3.64. The number of morpholine rings is 1. The van der Waals surface area contributed by atoms with Crippen LogP contribution in [0.5, 0.6) is 5.75 Å². The molecule has 2 amide bonds. The number of hydrogen-bond acceptors (Lipinski definition) is 10. The van der Waals surface area contributed by atoms with Crippen LogP contribution >= 0.6 is 8.53 Å². The highest BCUT2D eigenvalue weighted by atomic mass is 31.2. The van der Waals surface area contributed by atoms with Crippen LogP contribution in [0.1, 0.15) is 42.2 Å². The predicted molar refractivity (Wildman–Crippen MR) is 165 cm³/mol. The minimum Gasteiger partial charge on any atom is -0.484 e. The molecule has 0 spiro atoms. The first-order valence-electron chi connectivity index (χ1n) is 15.1. The highest BCUT2D eigenvalue weighted by molar-refractivity contribution is 7.44. The van der Waals surface area contributed by atoms with E-state index < -0.39 is 56.8 Å². The Balaban J connectivity index is 1.45. The van der Waals surface area contributed by atoms with Crippen molar-refractivity contribution < 1.29 is 29.5 Å². The van der Waals surface area contributed by atoms with Crippen molar-refractivity contribution in [3.05, 3.63) is 58.4 Å². The van der Waals surface area contributed by atoms with Crippen LogP contribution in [0.4, 0.5) is 5.95 Å². The van der Waals surface area contributed by atoms with Crippen molar-refractivity contribution in [2.75, 3.05) is 32.1 Å². The molecule has 2 bridgehead atoms. The Morgan fingerprint density at radius 2 is 2.02 bits per heavy atom. The lowest BCUT2D eigenvalue weighted by Gasteiger charge is -2.37. The van der Waals surface area contributed by atoms with Gasteiger partial charge in [-0.15, -0.1) is 0 Å². The SMILES string of the molecule is [2H]C[C@@]12O[C@@H](n3cnc4c(=O)[nH]c(NC(=O)COc5ccccc5)nc43)[C@@H]([C@@H]1OP(OCC[N+]#[C-])N(C(C)C)C(C)C)N(C)C2=O. The van der Waals surface area contributed by atoms with Gasteiger partial charge in [0.25, 0.3) is 25.9 Å². The summed E-state index contributed by atoms with van der Waals surface area (Å²) in [6.07, 6.45) is -0.492. The van der Waals surface area contributed by atoms with Crippen LogP contribution in [0.25, 0.3) is 16.0 Å². The maximum Gasteiger partial charge on any atom is 0.280 e. The van der Waals surface area contributed by atoms with E-state index in [9.17, 15) is 14.4 Å². The Bertz CT molecular complexity index is 1660. The van der Waals surface area contributed by atoms with Crippen LogP contribution in [0.3, 0.4) is 0 Å². The molecule has 2 aromatic heterocycles. The molecule has 1 unspecified atom stereocenters. The Morgan fingerprint density at radius 1 is 1.29 bits per heavy atom. The summed E-state index contributed by atoms with van der Waals surface area (Å²) < 4.78 is 36.6. The van der Waals surface area contributed by atoms with Crippen LogP contribution in [-0.4, -0.2) is 97.5 Å². The quantitative estimate of drug-likeness (QED) is 0.162. The zero-order valence-corrected chi connectivity index (χ0v) is 26.6. The molecule has 0 radical (unpaired) electrons. The maximum atomic E-state index is 13.5. The van der Waals surface area contributed by atoms with E-state index >= 15 is 0 Å². The van der Waals surface area contributed by atoms with Gasteiger partial charge in [-0.1, -0.05) is 18.2 Å². The van der Waals surface area contributed by atoms with Gasteiger partial charge in [-0.05, 0) is 46.7 Å². The number of likely N-dealkylation sites (tertiary alicyclic amines) is 1. The van der Waals surface area contributed by atoms with Gasteiger partial charge in [-0.25, -0.2) is 16.2 Å². The first kappa shape index (κ1) is 31.1. The van der Waals surface area contributed by atoms with Crippen molar-refractivity contribution >= 4 is 37.5 Å². The Labute approximate surface area is 263 Å².